The first-order valence-corrected chi connectivity index (χ1v) is 2.51. The maximum Gasteiger partial charge on any atom is 0.314 e. The van der Waals surface area contributed by atoms with E-state index in [0.29, 0.717) is 0 Å². The van der Waals surface area contributed by atoms with Gasteiger partial charge in [-0.15, -0.1) is 0 Å². The smallest absolute Gasteiger partial charge is 0.314 e. The molecule has 1 heterocycles. The minimum atomic E-state index is -1.25. The lowest BCUT2D eigenvalue weighted by Crippen LogP contribution is -2.15. The number of aromatic nitrogens is 2. The van der Waals surface area contributed by atoms with E-state index in [1.54, 1.807) is 0 Å². The number of hydrogen-bond acceptors (Lipinski definition) is 3. The summed E-state index contributed by atoms with van der Waals surface area (Å²) in [5.41, 5.74) is 6.41. The van der Waals surface area contributed by atoms with E-state index < -0.39 is 11.7 Å². The molecular formula is C5H4N3O2. The molecule has 1 radical (unpaired) electrons. The van der Waals surface area contributed by atoms with Gasteiger partial charge in [-0.2, -0.15) is 0 Å². The standard InChI is InChI=1S/C5H4N3O2/c6-4(10)3(9)5-7-1-2-8-5/h1-2,6H,(H,7,8). The topological polar surface area (TPSA) is 86.6 Å². The van der Waals surface area contributed by atoms with Crippen LogP contribution in [0.4, 0.5) is 0 Å². The van der Waals surface area contributed by atoms with Crippen molar-refractivity contribution < 1.29 is 9.59 Å². The van der Waals surface area contributed by atoms with Crippen LogP contribution in [0.15, 0.2) is 12.4 Å². The van der Waals surface area contributed by atoms with Crippen molar-refractivity contribution >= 4 is 11.7 Å². The Labute approximate surface area is 56.3 Å². The first-order valence-electron chi connectivity index (χ1n) is 2.51. The van der Waals surface area contributed by atoms with Crippen LogP contribution >= 0.6 is 0 Å². The fourth-order valence-corrected chi connectivity index (χ4v) is 0.497. The molecule has 0 aliphatic rings. The highest BCUT2D eigenvalue weighted by Gasteiger charge is 2.14. The molecule has 2 N–H and O–H groups in total. The molecule has 0 aliphatic carbocycles. The summed E-state index contributed by atoms with van der Waals surface area (Å²) < 4.78 is 0. The highest BCUT2D eigenvalue weighted by atomic mass is 16.2. The Morgan fingerprint density at radius 3 is 2.70 bits per heavy atom. The van der Waals surface area contributed by atoms with Crippen LogP contribution in [0.3, 0.4) is 0 Å². The van der Waals surface area contributed by atoms with Crippen LogP contribution < -0.4 is 5.73 Å². The number of aromatic amines is 1. The lowest BCUT2D eigenvalue weighted by Gasteiger charge is -1.85. The molecule has 0 atom stereocenters. The van der Waals surface area contributed by atoms with E-state index in [1.165, 1.54) is 12.4 Å². The second kappa shape index (κ2) is 2.30. The number of nitrogens with zero attached hydrogens (tertiary/aromatic N) is 1. The molecule has 1 aromatic rings. The Morgan fingerprint density at radius 2 is 2.30 bits per heavy atom. The maximum atomic E-state index is 10.6. The summed E-state index contributed by atoms with van der Waals surface area (Å²) in [6, 6.07) is 0. The average molecular weight is 138 g/mol. The van der Waals surface area contributed by atoms with Crippen molar-refractivity contribution in [3.05, 3.63) is 18.2 Å². The van der Waals surface area contributed by atoms with Gasteiger partial charge in [0, 0.05) is 12.4 Å². The number of imidazole rings is 1. The van der Waals surface area contributed by atoms with Crippen molar-refractivity contribution in [1.82, 2.24) is 15.7 Å². The fraction of sp³-hybridized carbons (Fsp3) is 0. The minimum Gasteiger partial charge on any atom is -0.342 e. The minimum absolute atomic E-state index is 0.0833. The van der Waals surface area contributed by atoms with Crippen molar-refractivity contribution in [2.24, 2.45) is 0 Å². The quantitative estimate of drug-likeness (QED) is 0.437. The molecule has 1 aromatic heterocycles. The van der Waals surface area contributed by atoms with E-state index in [9.17, 15) is 9.59 Å². The molecule has 51 valence electrons. The third kappa shape index (κ3) is 1.02. The fourth-order valence-electron chi connectivity index (χ4n) is 0.497. The predicted octanol–water partition coefficient (Wildman–Crippen LogP) is -0.598. The predicted molar refractivity (Wildman–Crippen MR) is 31.0 cm³/mol. The molecule has 0 bridgehead atoms. The third-order valence-electron chi connectivity index (χ3n) is 0.920. The normalized spacial score (nSPS) is 9.20. The van der Waals surface area contributed by atoms with Gasteiger partial charge in [-0.05, 0) is 0 Å². The maximum absolute atomic E-state index is 10.6. The number of nitrogens with one attached hydrogen (secondary N) is 2. The molecule has 10 heavy (non-hydrogen) atoms. The molecule has 1 amide bonds. The zero-order chi connectivity index (χ0) is 7.56. The van der Waals surface area contributed by atoms with E-state index in [2.05, 4.69) is 9.97 Å². The summed E-state index contributed by atoms with van der Waals surface area (Å²) >= 11 is 0. The SMILES string of the molecule is [NH]C(=O)C(=O)c1ncc[nH]1. The molecule has 0 aliphatic heterocycles. The van der Waals surface area contributed by atoms with E-state index in [0.717, 1.165) is 0 Å². The van der Waals surface area contributed by atoms with Crippen molar-refractivity contribution in [2.45, 2.75) is 0 Å². The van der Waals surface area contributed by atoms with Gasteiger partial charge in [-0.1, -0.05) is 0 Å². The van der Waals surface area contributed by atoms with Crippen LogP contribution in [-0.4, -0.2) is 21.7 Å². The van der Waals surface area contributed by atoms with Crippen molar-refractivity contribution in [2.75, 3.05) is 0 Å². The molecule has 0 fully saturated rings. The van der Waals surface area contributed by atoms with Crippen molar-refractivity contribution in [1.29, 1.82) is 0 Å². The van der Waals surface area contributed by atoms with Crippen molar-refractivity contribution in [3.8, 4) is 0 Å². The summed E-state index contributed by atoms with van der Waals surface area (Å²) in [5, 5.41) is 0. The zero-order valence-electron chi connectivity index (χ0n) is 4.92. The molecule has 1 rings (SSSR count). The molecule has 0 saturated heterocycles. The lowest BCUT2D eigenvalue weighted by molar-refractivity contribution is -0.114. The molecular weight excluding hydrogens is 134 g/mol. The molecule has 5 nitrogen and oxygen atoms in total. The first-order chi connectivity index (χ1) is 4.72. The van der Waals surface area contributed by atoms with Gasteiger partial charge in [-0.3, -0.25) is 15.3 Å². The number of Topliss-reactive ketones (excluding diaryl/α,β-unsaturated/α-hetero) is 1. The van der Waals surface area contributed by atoms with Crippen LogP contribution in [0.1, 0.15) is 10.6 Å². The molecule has 0 saturated carbocycles. The molecule has 0 aromatic carbocycles. The Morgan fingerprint density at radius 1 is 1.60 bits per heavy atom. The highest BCUT2D eigenvalue weighted by molar-refractivity contribution is 6.40. The van der Waals surface area contributed by atoms with Gasteiger partial charge in [0.05, 0.1) is 0 Å². The Bertz CT molecular complexity index is 252. The number of hydrogen-bond donors (Lipinski definition) is 1. The van der Waals surface area contributed by atoms with Gasteiger partial charge >= 0.3 is 5.91 Å². The Kier molecular flexibility index (Phi) is 1.49. The third-order valence-corrected chi connectivity index (χ3v) is 0.920. The van der Waals surface area contributed by atoms with Crippen LogP contribution in [-0.2, 0) is 4.79 Å². The van der Waals surface area contributed by atoms with Crippen LogP contribution in [0.25, 0.3) is 0 Å². The Balaban J connectivity index is 2.88. The second-order valence-corrected chi connectivity index (χ2v) is 1.60. The molecule has 5 heteroatoms. The molecule has 0 spiro atoms. The summed E-state index contributed by atoms with van der Waals surface area (Å²) in [6.07, 6.45) is 2.76. The summed E-state index contributed by atoms with van der Waals surface area (Å²) in [7, 11) is 0. The van der Waals surface area contributed by atoms with E-state index in [-0.39, 0.29) is 5.82 Å². The largest absolute Gasteiger partial charge is 0.342 e. The lowest BCUT2D eigenvalue weighted by atomic mass is 10.4. The van der Waals surface area contributed by atoms with Crippen LogP contribution in [0.2, 0.25) is 0 Å². The van der Waals surface area contributed by atoms with Crippen LogP contribution in [0, 0.1) is 0 Å². The molecule has 0 unspecified atom stereocenters. The van der Waals surface area contributed by atoms with Gasteiger partial charge in [0.15, 0.2) is 5.82 Å². The van der Waals surface area contributed by atoms with Crippen LogP contribution in [0.5, 0.6) is 0 Å². The second-order valence-electron chi connectivity index (χ2n) is 1.60. The van der Waals surface area contributed by atoms with Gasteiger partial charge in [0.2, 0.25) is 0 Å². The number of carbonyl (C=O) groups is 2. The van der Waals surface area contributed by atoms with E-state index >= 15 is 0 Å². The number of H-pyrrole nitrogens is 1. The van der Waals surface area contributed by atoms with E-state index in [1.807, 2.05) is 0 Å². The van der Waals surface area contributed by atoms with Gasteiger partial charge in [0.1, 0.15) is 0 Å². The number of rotatable bonds is 2. The van der Waals surface area contributed by atoms with Gasteiger partial charge < -0.3 is 4.98 Å². The number of amides is 1. The summed E-state index contributed by atoms with van der Waals surface area (Å²) in [4.78, 5) is 26.6. The monoisotopic (exact) mass is 138 g/mol. The Hall–Kier alpha value is -1.65. The average Bonchev–Trinajstić information content (AvgIpc) is 2.36. The number of carbonyl (C=O) groups excluding carboxylic acids is 2. The van der Waals surface area contributed by atoms with Gasteiger partial charge in [-0.25, -0.2) is 4.98 Å². The first kappa shape index (κ1) is 6.47. The van der Waals surface area contributed by atoms with Gasteiger partial charge in [0.25, 0.3) is 5.78 Å². The number of ketones is 1. The zero-order valence-corrected chi connectivity index (χ0v) is 4.92. The van der Waals surface area contributed by atoms with Crippen molar-refractivity contribution in [3.63, 3.8) is 0 Å². The van der Waals surface area contributed by atoms with E-state index in [4.69, 9.17) is 5.73 Å². The summed E-state index contributed by atoms with van der Waals surface area (Å²) in [6.45, 7) is 0. The summed E-state index contributed by atoms with van der Waals surface area (Å²) in [5.74, 6) is -2.25. The highest BCUT2D eigenvalue weighted by Crippen LogP contribution is 1.88.